The summed E-state index contributed by atoms with van der Waals surface area (Å²) in [6.07, 6.45) is 4.01. The smallest absolute Gasteiger partial charge is 0.211 e. The van der Waals surface area contributed by atoms with Gasteiger partial charge in [0.1, 0.15) is 0 Å². The van der Waals surface area contributed by atoms with Crippen molar-refractivity contribution in [2.45, 2.75) is 44.8 Å². The van der Waals surface area contributed by atoms with E-state index in [-0.39, 0.29) is 5.60 Å². The normalized spacial score (nSPS) is 20.2. The number of ether oxygens (including phenoxy) is 1. The predicted molar refractivity (Wildman–Crippen MR) is 73.1 cm³/mol. The van der Waals surface area contributed by atoms with E-state index in [9.17, 15) is 8.42 Å². The maximum absolute atomic E-state index is 11.4. The minimum atomic E-state index is -3.01. The van der Waals surface area contributed by atoms with E-state index in [1.807, 2.05) is 0 Å². The molecule has 0 aromatic heterocycles. The molecular weight excluding hydrogens is 252 g/mol. The Hall–Kier alpha value is -0.170. The van der Waals surface area contributed by atoms with Crippen LogP contribution in [0.3, 0.4) is 0 Å². The maximum atomic E-state index is 11.4. The van der Waals surface area contributed by atoms with Crippen molar-refractivity contribution in [3.63, 3.8) is 0 Å². The highest BCUT2D eigenvalue weighted by Crippen LogP contribution is 2.15. The molecule has 1 rings (SSSR count). The fourth-order valence-corrected chi connectivity index (χ4v) is 2.95. The Labute approximate surface area is 111 Å². The van der Waals surface area contributed by atoms with Gasteiger partial charge in [-0.25, -0.2) is 12.7 Å². The molecule has 0 amide bonds. The first kappa shape index (κ1) is 15.9. The number of hydrogen-bond donors (Lipinski definition) is 1. The highest BCUT2D eigenvalue weighted by molar-refractivity contribution is 7.88. The van der Waals surface area contributed by atoms with Crippen LogP contribution in [0, 0.1) is 0 Å². The molecule has 1 fully saturated rings. The fourth-order valence-electron chi connectivity index (χ4n) is 2.07. The summed E-state index contributed by atoms with van der Waals surface area (Å²) in [6.45, 7) is 6.31. The molecule has 0 unspecified atom stereocenters. The van der Waals surface area contributed by atoms with Crippen LogP contribution in [0.2, 0.25) is 0 Å². The van der Waals surface area contributed by atoms with Gasteiger partial charge in [0, 0.05) is 26.2 Å². The van der Waals surface area contributed by atoms with Crippen molar-refractivity contribution in [2.75, 3.05) is 33.0 Å². The van der Waals surface area contributed by atoms with E-state index in [4.69, 9.17) is 4.74 Å². The average molecular weight is 278 g/mol. The van der Waals surface area contributed by atoms with E-state index >= 15 is 0 Å². The molecule has 0 bridgehead atoms. The lowest BCUT2D eigenvalue weighted by atomic mass is 10.0. The summed E-state index contributed by atoms with van der Waals surface area (Å²) in [5.41, 5.74) is -0.0968. The van der Waals surface area contributed by atoms with Gasteiger partial charge in [-0.2, -0.15) is 0 Å². The van der Waals surface area contributed by atoms with Gasteiger partial charge >= 0.3 is 0 Å². The van der Waals surface area contributed by atoms with Crippen LogP contribution >= 0.6 is 0 Å². The Morgan fingerprint density at radius 2 is 1.89 bits per heavy atom. The standard InChI is InChI=1S/C12H26N2O3S/c1-12(2,17-3)7-8-13-11-5-9-14(10-6-11)18(4,15)16/h11,13H,5-10H2,1-4H3. The first-order valence-corrected chi connectivity index (χ1v) is 8.33. The van der Waals surface area contributed by atoms with Gasteiger partial charge in [-0.05, 0) is 39.7 Å². The van der Waals surface area contributed by atoms with Crippen molar-refractivity contribution in [3.05, 3.63) is 0 Å². The second-order valence-electron chi connectivity index (χ2n) is 5.60. The summed E-state index contributed by atoms with van der Waals surface area (Å²) in [4.78, 5) is 0. The third-order valence-electron chi connectivity index (χ3n) is 3.64. The molecule has 1 saturated heterocycles. The van der Waals surface area contributed by atoms with Crippen LogP contribution in [0.15, 0.2) is 0 Å². The molecule has 0 atom stereocenters. The van der Waals surface area contributed by atoms with Crippen molar-refractivity contribution < 1.29 is 13.2 Å². The van der Waals surface area contributed by atoms with Gasteiger partial charge in [0.05, 0.1) is 11.9 Å². The Balaban J connectivity index is 2.24. The minimum Gasteiger partial charge on any atom is -0.379 e. The molecule has 0 aromatic rings. The van der Waals surface area contributed by atoms with Gasteiger partial charge in [0.15, 0.2) is 0 Å². The van der Waals surface area contributed by atoms with Gasteiger partial charge in [-0.15, -0.1) is 0 Å². The minimum absolute atomic E-state index is 0.0968. The highest BCUT2D eigenvalue weighted by atomic mass is 32.2. The molecule has 108 valence electrons. The quantitative estimate of drug-likeness (QED) is 0.781. The predicted octanol–water partition coefficient (Wildman–Crippen LogP) is 0.815. The zero-order valence-corrected chi connectivity index (χ0v) is 12.7. The number of hydrogen-bond acceptors (Lipinski definition) is 4. The van der Waals surface area contributed by atoms with Crippen LogP contribution in [0.1, 0.15) is 33.1 Å². The molecule has 5 nitrogen and oxygen atoms in total. The Morgan fingerprint density at radius 1 is 1.33 bits per heavy atom. The molecule has 1 aliphatic rings. The molecule has 1 N–H and O–H groups in total. The van der Waals surface area contributed by atoms with Crippen molar-refractivity contribution in [1.82, 2.24) is 9.62 Å². The summed E-state index contributed by atoms with van der Waals surface area (Å²) in [5, 5.41) is 3.48. The molecule has 0 aromatic carbocycles. The Kier molecular flexibility index (Phi) is 5.58. The number of nitrogens with zero attached hydrogens (tertiary/aromatic N) is 1. The number of nitrogens with one attached hydrogen (secondary N) is 1. The Morgan fingerprint density at radius 3 is 2.33 bits per heavy atom. The third kappa shape index (κ3) is 5.22. The lowest BCUT2D eigenvalue weighted by molar-refractivity contribution is 0.0150. The summed E-state index contributed by atoms with van der Waals surface area (Å²) < 4.78 is 29.7. The Bertz CT molecular complexity index is 346. The molecule has 0 aliphatic carbocycles. The molecule has 1 aliphatic heterocycles. The second-order valence-corrected chi connectivity index (χ2v) is 7.59. The summed E-state index contributed by atoms with van der Waals surface area (Å²) in [5.74, 6) is 0. The van der Waals surface area contributed by atoms with E-state index in [0.717, 1.165) is 25.8 Å². The van der Waals surface area contributed by atoms with Gasteiger partial charge in [-0.1, -0.05) is 0 Å². The van der Waals surface area contributed by atoms with Crippen molar-refractivity contribution in [1.29, 1.82) is 0 Å². The lowest BCUT2D eigenvalue weighted by Crippen LogP contribution is -2.45. The van der Waals surface area contributed by atoms with E-state index < -0.39 is 10.0 Å². The molecule has 0 saturated carbocycles. The molecule has 1 heterocycles. The third-order valence-corrected chi connectivity index (χ3v) is 4.94. The monoisotopic (exact) mass is 278 g/mol. The van der Waals surface area contributed by atoms with Crippen molar-refractivity contribution in [3.8, 4) is 0 Å². The second kappa shape index (κ2) is 6.32. The maximum Gasteiger partial charge on any atom is 0.211 e. The molecular formula is C12H26N2O3S. The topological polar surface area (TPSA) is 58.6 Å². The fraction of sp³-hybridized carbons (Fsp3) is 1.00. The number of sulfonamides is 1. The van der Waals surface area contributed by atoms with Crippen LogP contribution < -0.4 is 5.32 Å². The molecule has 18 heavy (non-hydrogen) atoms. The van der Waals surface area contributed by atoms with E-state index in [1.165, 1.54) is 6.26 Å². The summed E-state index contributed by atoms with van der Waals surface area (Å²) >= 11 is 0. The number of piperidine rings is 1. The van der Waals surface area contributed by atoms with E-state index in [0.29, 0.717) is 19.1 Å². The van der Waals surface area contributed by atoms with Crippen LogP contribution in [-0.2, 0) is 14.8 Å². The highest BCUT2D eigenvalue weighted by Gasteiger charge is 2.25. The van der Waals surface area contributed by atoms with Crippen LogP contribution in [0.5, 0.6) is 0 Å². The largest absolute Gasteiger partial charge is 0.379 e. The van der Waals surface area contributed by atoms with Gasteiger partial charge in [-0.3, -0.25) is 0 Å². The first-order valence-electron chi connectivity index (χ1n) is 6.48. The first-order chi connectivity index (χ1) is 8.24. The van der Waals surface area contributed by atoms with Crippen molar-refractivity contribution in [2.24, 2.45) is 0 Å². The summed E-state index contributed by atoms with van der Waals surface area (Å²) in [7, 11) is -1.28. The van der Waals surface area contributed by atoms with Crippen molar-refractivity contribution >= 4 is 10.0 Å². The molecule has 6 heteroatoms. The van der Waals surface area contributed by atoms with Crippen LogP contribution in [0.25, 0.3) is 0 Å². The zero-order valence-electron chi connectivity index (χ0n) is 11.9. The van der Waals surface area contributed by atoms with Gasteiger partial charge < -0.3 is 10.1 Å². The SMILES string of the molecule is COC(C)(C)CCNC1CCN(S(C)(=O)=O)CC1. The molecule has 0 radical (unpaired) electrons. The van der Waals surface area contributed by atoms with Gasteiger partial charge in [0.25, 0.3) is 0 Å². The van der Waals surface area contributed by atoms with Crippen LogP contribution in [-0.4, -0.2) is 57.4 Å². The van der Waals surface area contributed by atoms with E-state index in [2.05, 4.69) is 19.2 Å². The zero-order chi connectivity index (χ0) is 13.8. The summed E-state index contributed by atoms with van der Waals surface area (Å²) in [6, 6.07) is 0.427. The number of methoxy groups -OCH3 is 1. The average Bonchev–Trinajstić information content (AvgIpc) is 2.28. The van der Waals surface area contributed by atoms with Gasteiger partial charge in [0.2, 0.25) is 10.0 Å². The van der Waals surface area contributed by atoms with E-state index in [1.54, 1.807) is 11.4 Å². The lowest BCUT2D eigenvalue weighted by Gasteiger charge is -2.31. The molecule has 0 spiro atoms. The number of rotatable bonds is 6. The van der Waals surface area contributed by atoms with Crippen LogP contribution in [0.4, 0.5) is 0 Å².